The van der Waals surface area contributed by atoms with Crippen LogP contribution in [0.15, 0.2) is 42.5 Å². The van der Waals surface area contributed by atoms with Gasteiger partial charge in [0.25, 0.3) is 0 Å². The van der Waals surface area contributed by atoms with Crippen molar-refractivity contribution >= 4 is 10.0 Å². The smallest absolute Gasteiger partial charge is 0.212 e. The fourth-order valence-electron chi connectivity index (χ4n) is 4.68. The Hall–Kier alpha value is -2.16. The Kier molecular flexibility index (Phi) is 6.23. The predicted molar refractivity (Wildman–Crippen MR) is 118 cm³/mol. The number of alkyl halides is 1. The molecule has 2 heterocycles. The molecule has 1 N–H and O–H groups in total. The number of hydrogen-bond donors (Lipinski definition) is 1. The molecule has 8 heteroatoms. The van der Waals surface area contributed by atoms with E-state index >= 15 is 0 Å². The Morgan fingerprint density at radius 3 is 2.52 bits per heavy atom. The van der Waals surface area contributed by atoms with Crippen molar-refractivity contribution in [3.8, 4) is 11.5 Å². The third-order valence-electron chi connectivity index (χ3n) is 6.13. The highest BCUT2D eigenvalue weighted by Gasteiger charge is 2.38. The van der Waals surface area contributed by atoms with Crippen molar-refractivity contribution in [2.24, 2.45) is 5.92 Å². The fraction of sp³-hybridized carbons (Fsp3) is 0.478. The molecule has 0 aromatic heterocycles. The van der Waals surface area contributed by atoms with Crippen molar-refractivity contribution in [1.29, 1.82) is 0 Å². The number of fused-ring (bicyclic) bond motifs is 1. The van der Waals surface area contributed by atoms with E-state index in [1.54, 1.807) is 16.4 Å². The zero-order valence-corrected chi connectivity index (χ0v) is 18.7. The van der Waals surface area contributed by atoms with Gasteiger partial charge in [-0.3, -0.25) is 9.29 Å². The summed E-state index contributed by atoms with van der Waals surface area (Å²) in [5, 5.41) is 9.90. The quantitative estimate of drug-likeness (QED) is 0.705. The SMILES string of the molecule is C[C@@H]1Cc2cc(O)ccc2[C@@H](c2ccc(OCCN3CC(CF)C3)cc2)N1S(C)(=O)=O. The molecule has 4 rings (SSSR count). The summed E-state index contributed by atoms with van der Waals surface area (Å²) in [7, 11) is -3.45. The summed E-state index contributed by atoms with van der Waals surface area (Å²) in [5.74, 6) is 1.06. The van der Waals surface area contributed by atoms with Gasteiger partial charge in [-0.1, -0.05) is 18.2 Å². The van der Waals surface area contributed by atoms with Gasteiger partial charge in [0.15, 0.2) is 0 Å². The fourth-order valence-corrected chi connectivity index (χ4v) is 6.02. The molecule has 1 saturated heterocycles. The van der Waals surface area contributed by atoms with Crippen LogP contribution >= 0.6 is 0 Å². The van der Waals surface area contributed by atoms with Crippen molar-refractivity contribution in [1.82, 2.24) is 9.21 Å². The molecular weight excluding hydrogens is 419 g/mol. The summed E-state index contributed by atoms with van der Waals surface area (Å²) in [6.07, 6.45) is 1.79. The summed E-state index contributed by atoms with van der Waals surface area (Å²) >= 11 is 0. The molecule has 168 valence electrons. The minimum absolute atomic E-state index is 0.166. The van der Waals surface area contributed by atoms with E-state index in [1.807, 2.05) is 37.3 Å². The van der Waals surface area contributed by atoms with Crippen molar-refractivity contribution in [2.75, 3.05) is 39.2 Å². The molecule has 1 fully saturated rings. The molecule has 31 heavy (non-hydrogen) atoms. The van der Waals surface area contributed by atoms with Gasteiger partial charge in [0, 0.05) is 31.6 Å². The molecule has 0 aliphatic carbocycles. The summed E-state index contributed by atoms with van der Waals surface area (Å²) < 4.78 is 45.2. The number of ether oxygens (including phenoxy) is 1. The standard InChI is InChI=1S/C23H29FN2O4S/c1-16-11-19-12-20(27)5-8-22(19)23(26(16)31(2,28)29)18-3-6-21(7-4-18)30-10-9-25-14-17(13-24)15-25/h3-8,12,16-17,23,27H,9-11,13-15H2,1-2H3/t16-,23-/m1/s1. The van der Waals surface area contributed by atoms with Crippen molar-refractivity contribution in [3.05, 3.63) is 59.2 Å². The highest BCUT2D eigenvalue weighted by Crippen LogP contribution is 2.40. The Morgan fingerprint density at radius 1 is 1.16 bits per heavy atom. The van der Waals surface area contributed by atoms with Gasteiger partial charge in [-0.2, -0.15) is 4.31 Å². The van der Waals surface area contributed by atoms with Gasteiger partial charge >= 0.3 is 0 Å². The largest absolute Gasteiger partial charge is 0.508 e. The van der Waals surface area contributed by atoms with Gasteiger partial charge < -0.3 is 9.84 Å². The van der Waals surface area contributed by atoms with E-state index in [4.69, 9.17) is 4.74 Å². The first-order valence-electron chi connectivity index (χ1n) is 10.6. The number of aromatic hydroxyl groups is 1. The Morgan fingerprint density at radius 2 is 1.87 bits per heavy atom. The molecule has 2 atom stereocenters. The zero-order chi connectivity index (χ0) is 22.2. The van der Waals surface area contributed by atoms with Crippen molar-refractivity contribution in [2.45, 2.75) is 25.4 Å². The Labute approximate surface area is 183 Å². The average Bonchev–Trinajstić information content (AvgIpc) is 2.68. The highest BCUT2D eigenvalue weighted by molar-refractivity contribution is 7.88. The number of hydrogen-bond acceptors (Lipinski definition) is 5. The first kappa shape index (κ1) is 22.0. The van der Waals surface area contributed by atoms with Crippen LogP contribution in [0.25, 0.3) is 0 Å². The lowest BCUT2D eigenvalue weighted by atomic mass is 9.87. The maximum Gasteiger partial charge on any atom is 0.212 e. The first-order chi connectivity index (χ1) is 14.8. The molecule has 0 spiro atoms. The van der Waals surface area contributed by atoms with E-state index in [2.05, 4.69) is 4.90 Å². The van der Waals surface area contributed by atoms with Crippen LogP contribution in [0.4, 0.5) is 4.39 Å². The van der Waals surface area contributed by atoms with E-state index in [9.17, 15) is 17.9 Å². The number of halogens is 1. The van der Waals surface area contributed by atoms with E-state index in [1.165, 1.54) is 6.26 Å². The summed E-state index contributed by atoms with van der Waals surface area (Å²) in [6.45, 7) is 4.49. The number of likely N-dealkylation sites (tertiary alicyclic amines) is 1. The minimum Gasteiger partial charge on any atom is -0.508 e. The molecule has 0 radical (unpaired) electrons. The van der Waals surface area contributed by atoms with Gasteiger partial charge in [0.1, 0.15) is 18.1 Å². The molecule has 0 bridgehead atoms. The second kappa shape index (κ2) is 8.76. The topological polar surface area (TPSA) is 70.1 Å². The van der Waals surface area contributed by atoms with E-state index < -0.39 is 16.1 Å². The van der Waals surface area contributed by atoms with Crippen molar-refractivity contribution in [3.63, 3.8) is 0 Å². The van der Waals surface area contributed by atoms with Gasteiger partial charge in [0.05, 0.1) is 19.0 Å². The molecule has 2 aliphatic rings. The van der Waals surface area contributed by atoms with Gasteiger partial charge in [0.2, 0.25) is 10.0 Å². The highest BCUT2D eigenvalue weighted by atomic mass is 32.2. The third kappa shape index (κ3) is 4.71. The predicted octanol–water partition coefficient (Wildman–Crippen LogP) is 2.97. The average molecular weight is 449 g/mol. The number of phenols is 1. The zero-order valence-electron chi connectivity index (χ0n) is 17.9. The van der Waals surface area contributed by atoms with Crippen LogP contribution in [0, 0.1) is 5.92 Å². The molecular formula is C23H29FN2O4S. The lowest BCUT2D eigenvalue weighted by Crippen LogP contribution is -2.49. The normalized spacial score (nSPS) is 22.7. The molecule has 2 aliphatic heterocycles. The molecule has 2 aromatic carbocycles. The lowest BCUT2D eigenvalue weighted by Gasteiger charge is -2.40. The molecule has 0 saturated carbocycles. The van der Waals surface area contributed by atoms with E-state index in [0.29, 0.717) is 18.8 Å². The second-order valence-electron chi connectivity index (χ2n) is 8.63. The number of sulfonamides is 1. The van der Waals surface area contributed by atoms with E-state index in [-0.39, 0.29) is 24.4 Å². The first-order valence-corrected chi connectivity index (χ1v) is 12.4. The van der Waals surface area contributed by atoms with Crippen molar-refractivity contribution < 1.29 is 22.7 Å². The summed E-state index contributed by atoms with van der Waals surface area (Å²) in [5.41, 5.74) is 2.69. The molecule has 2 aromatic rings. The maximum absolute atomic E-state index is 12.6. The van der Waals surface area contributed by atoms with Crippen LogP contribution in [0.2, 0.25) is 0 Å². The summed E-state index contributed by atoms with van der Waals surface area (Å²) in [6, 6.07) is 12.0. The van der Waals surface area contributed by atoms with Crippen LogP contribution in [0.3, 0.4) is 0 Å². The van der Waals surface area contributed by atoms with E-state index in [0.717, 1.165) is 36.3 Å². The van der Waals surface area contributed by atoms with Gasteiger partial charge in [-0.25, -0.2) is 8.42 Å². The second-order valence-corrected chi connectivity index (χ2v) is 10.5. The number of nitrogens with zero attached hydrogens (tertiary/aromatic N) is 2. The van der Waals surface area contributed by atoms with Gasteiger partial charge in [-0.05, 0) is 54.3 Å². The Bertz CT molecular complexity index is 1020. The van der Waals surface area contributed by atoms with Gasteiger partial charge in [-0.15, -0.1) is 0 Å². The van der Waals surface area contributed by atoms with Crippen LogP contribution in [0.1, 0.15) is 29.7 Å². The monoisotopic (exact) mass is 448 g/mol. The lowest BCUT2D eigenvalue weighted by molar-refractivity contribution is 0.0668. The number of rotatable bonds is 7. The maximum atomic E-state index is 12.6. The third-order valence-corrected chi connectivity index (χ3v) is 7.47. The molecule has 6 nitrogen and oxygen atoms in total. The minimum atomic E-state index is -3.45. The molecule has 0 unspecified atom stereocenters. The molecule has 0 amide bonds. The van der Waals surface area contributed by atoms with Crippen LogP contribution in [-0.4, -0.2) is 67.9 Å². The number of phenolic OH excluding ortho intramolecular Hbond substituents is 1. The Balaban J connectivity index is 1.52. The summed E-state index contributed by atoms with van der Waals surface area (Å²) in [4.78, 5) is 2.17. The van der Waals surface area contributed by atoms with Crippen LogP contribution < -0.4 is 4.74 Å². The van der Waals surface area contributed by atoms with Crippen LogP contribution in [0.5, 0.6) is 11.5 Å². The number of benzene rings is 2. The van der Waals surface area contributed by atoms with Crippen LogP contribution in [-0.2, 0) is 16.4 Å².